The Morgan fingerprint density at radius 2 is 2.08 bits per heavy atom. The van der Waals surface area contributed by atoms with E-state index < -0.39 is 6.04 Å². The quantitative estimate of drug-likeness (QED) is 0.700. The fourth-order valence-electron chi connectivity index (χ4n) is 2.75. The number of thioether (sulfide) groups is 1. The molecular formula is C16H28ClN5O3S. The molecule has 1 aliphatic rings. The molecule has 0 saturated carbocycles. The predicted octanol–water partition coefficient (Wildman–Crippen LogP) is 0.960. The highest BCUT2D eigenvalue weighted by molar-refractivity contribution is 7.98. The highest BCUT2D eigenvalue weighted by atomic mass is 35.5. The third-order valence-corrected chi connectivity index (χ3v) is 4.58. The SMILES string of the molecule is CSCC[C@H](N)C(=O)Nc1cnn(CC(=O)N2CC(C)OC(C)C2)c1.Cl. The van der Waals surface area contributed by atoms with Crippen LogP contribution in [-0.2, 0) is 20.9 Å². The number of carbonyl (C=O) groups excluding carboxylic acids is 2. The van der Waals surface area contributed by atoms with Gasteiger partial charge in [0.15, 0.2) is 0 Å². The maximum Gasteiger partial charge on any atom is 0.244 e. The van der Waals surface area contributed by atoms with Gasteiger partial charge in [-0.2, -0.15) is 16.9 Å². The lowest BCUT2D eigenvalue weighted by molar-refractivity contribution is -0.144. The van der Waals surface area contributed by atoms with Crippen LogP contribution in [-0.4, -0.2) is 69.8 Å². The standard InChI is InChI=1S/C16H27N5O3S.ClH/c1-11-7-20(8-12(2)24-11)15(22)10-21-9-13(6-18-21)19-16(23)14(17)4-5-25-3;/h6,9,11-12,14H,4-5,7-8,10,17H2,1-3H3,(H,19,23);1H/t11?,12?,14-;/m0./s1. The summed E-state index contributed by atoms with van der Waals surface area (Å²) >= 11 is 1.65. The summed E-state index contributed by atoms with van der Waals surface area (Å²) in [6, 6.07) is -0.547. The van der Waals surface area contributed by atoms with Crippen LogP contribution in [0.3, 0.4) is 0 Å². The molecule has 2 unspecified atom stereocenters. The normalized spacial score (nSPS) is 21.0. The Bertz CT molecular complexity index is 590. The number of anilines is 1. The molecule has 3 N–H and O–H groups in total. The van der Waals surface area contributed by atoms with Gasteiger partial charge in [-0.05, 0) is 32.3 Å². The number of nitrogens with zero attached hydrogens (tertiary/aromatic N) is 3. The largest absolute Gasteiger partial charge is 0.372 e. The molecule has 10 heteroatoms. The lowest BCUT2D eigenvalue weighted by atomic mass is 10.2. The third-order valence-electron chi connectivity index (χ3n) is 3.94. The van der Waals surface area contributed by atoms with Crippen LogP contribution in [0.5, 0.6) is 0 Å². The molecule has 1 aromatic rings. The summed E-state index contributed by atoms with van der Waals surface area (Å²) in [7, 11) is 0. The first kappa shape index (κ1) is 22.8. The van der Waals surface area contributed by atoms with Crippen molar-refractivity contribution in [2.24, 2.45) is 5.73 Å². The van der Waals surface area contributed by atoms with E-state index in [0.29, 0.717) is 25.2 Å². The van der Waals surface area contributed by atoms with Crippen LogP contribution < -0.4 is 11.1 Å². The highest BCUT2D eigenvalue weighted by Crippen LogP contribution is 2.12. The summed E-state index contributed by atoms with van der Waals surface area (Å²) < 4.78 is 7.16. The topological polar surface area (TPSA) is 102 Å². The summed E-state index contributed by atoms with van der Waals surface area (Å²) in [6.45, 7) is 5.21. The summed E-state index contributed by atoms with van der Waals surface area (Å²) in [5.74, 6) is 0.578. The Morgan fingerprint density at radius 3 is 2.69 bits per heavy atom. The van der Waals surface area contributed by atoms with Crippen molar-refractivity contribution < 1.29 is 14.3 Å². The lowest BCUT2D eigenvalue weighted by Crippen LogP contribution is -2.49. The molecule has 3 atom stereocenters. The molecular weight excluding hydrogens is 378 g/mol. The molecule has 0 bridgehead atoms. The Hall–Kier alpha value is -1.29. The number of carbonyl (C=O) groups is 2. The van der Waals surface area contributed by atoms with E-state index in [-0.39, 0.29) is 43.0 Å². The second kappa shape index (κ2) is 10.8. The van der Waals surface area contributed by atoms with Crippen molar-refractivity contribution in [1.82, 2.24) is 14.7 Å². The monoisotopic (exact) mass is 405 g/mol. The van der Waals surface area contributed by atoms with Gasteiger partial charge in [0, 0.05) is 19.3 Å². The molecule has 0 spiro atoms. The average molecular weight is 406 g/mol. The van der Waals surface area contributed by atoms with Gasteiger partial charge in [0.05, 0.1) is 30.1 Å². The smallest absolute Gasteiger partial charge is 0.244 e. The predicted molar refractivity (Wildman–Crippen MR) is 106 cm³/mol. The number of halogens is 1. The van der Waals surface area contributed by atoms with Crippen molar-refractivity contribution >= 4 is 41.7 Å². The summed E-state index contributed by atoms with van der Waals surface area (Å²) in [4.78, 5) is 26.2. The van der Waals surface area contributed by atoms with Gasteiger partial charge in [-0.1, -0.05) is 0 Å². The van der Waals surface area contributed by atoms with Crippen LogP contribution in [0, 0.1) is 0 Å². The molecule has 1 aliphatic heterocycles. The van der Waals surface area contributed by atoms with E-state index in [1.165, 1.54) is 10.9 Å². The van der Waals surface area contributed by atoms with E-state index >= 15 is 0 Å². The van der Waals surface area contributed by atoms with Crippen molar-refractivity contribution in [3.63, 3.8) is 0 Å². The molecule has 1 saturated heterocycles. The first-order chi connectivity index (χ1) is 11.9. The lowest BCUT2D eigenvalue weighted by Gasteiger charge is -2.35. The van der Waals surface area contributed by atoms with Crippen LogP contribution in [0.4, 0.5) is 5.69 Å². The summed E-state index contributed by atoms with van der Waals surface area (Å²) in [5.41, 5.74) is 6.38. The molecule has 0 radical (unpaired) electrons. The highest BCUT2D eigenvalue weighted by Gasteiger charge is 2.26. The molecule has 1 aromatic heterocycles. The Balaban J connectivity index is 0.00000338. The number of hydrogen-bond donors (Lipinski definition) is 2. The number of nitrogens with one attached hydrogen (secondary N) is 1. The maximum absolute atomic E-state index is 12.4. The van der Waals surface area contributed by atoms with Gasteiger partial charge < -0.3 is 20.7 Å². The van der Waals surface area contributed by atoms with Gasteiger partial charge in [-0.15, -0.1) is 12.4 Å². The van der Waals surface area contributed by atoms with Crippen LogP contribution >= 0.6 is 24.2 Å². The second-order valence-electron chi connectivity index (χ2n) is 6.36. The molecule has 0 aromatic carbocycles. The minimum absolute atomic E-state index is 0. The zero-order chi connectivity index (χ0) is 18.4. The summed E-state index contributed by atoms with van der Waals surface area (Å²) in [6.07, 6.45) is 5.82. The minimum atomic E-state index is -0.547. The van der Waals surface area contributed by atoms with Crippen LogP contribution in [0.15, 0.2) is 12.4 Å². The van der Waals surface area contributed by atoms with Gasteiger partial charge in [0.2, 0.25) is 11.8 Å². The molecule has 1 fully saturated rings. The average Bonchev–Trinajstić information content (AvgIpc) is 2.98. The van der Waals surface area contributed by atoms with Crippen molar-refractivity contribution in [2.45, 2.75) is 45.1 Å². The third kappa shape index (κ3) is 6.79. The summed E-state index contributed by atoms with van der Waals surface area (Å²) in [5, 5.41) is 6.88. The Morgan fingerprint density at radius 1 is 1.42 bits per heavy atom. The van der Waals surface area contributed by atoms with E-state index in [0.717, 1.165) is 5.75 Å². The number of morpholine rings is 1. The molecule has 26 heavy (non-hydrogen) atoms. The number of ether oxygens (including phenoxy) is 1. The zero-order valence-electron chi connectivity index (χ0n) is 15.4. The molecule has 2 heterocycles. The number of hydrogen-bond acceptors (Lipinski definition) is 6. The first-order valence-corrected chi connectivity index (χ1v) is 9.79. The van der Waals surface area contributed by atoms with Gasteiger partial charge in [0.1, 0.15) is 6.54 Å². The molecule has 0 aliphatic carbocycles. The Kier molecular flexibility index (Phi) is 9.42. The number of nitrogens with two attached hydrogens (primary N) is 1. The van der Waals surface area contributed by atoms with Crippen molar-refractivity contribution in [3.8, 4) is 0 Å². The van der Waals surface area contributed by atoms with Gasteiger partial charge in [0.25, 0.3) is 0 Å². The van der Waals surface area contributed by atoms with Gasteiger partial charge in [-0.3, -0.25) is 14.3 Å². The fourth-order valence-corrected chi connectivity index (χ4v) is 3.24. The maximum atomic E-state index is 12.4. The fraction of sp³-hybridized carbons (Fsp3) is 0.688. The van der Waals surface area contributed by atoms with E-state index in [1.807, 2.05) is 20.1 Å². The van der Waals surface area contributed by atoms with Crippen molar-refractivity contribution in [2.75, 3.05) is 30.4 Å². The van der Waals surface area contributed by atoms with Crippen molar-refractivity contribution in [1.29, 1.82) is 0 Å². The molecule has 2 rings (SSSR count). The number of rotatable bonds is 7. The van der Waals surface area contributed by atoms with Crippen LogP contribution in [0.25, 0.3) is 0 Å². The number of amides is 2. The van der Waals surface area contributed by atoms with E-state index in [4.69, 9.17) is 10.5 Å². The van der Waals surface area contributed by atoms with Gasteiger partial charge in [-0.25, -0.2) is 0 Å². The zero-order valence-corrected chi connectivity index (χ0v) is 17.0. The van der Waals surface area contributed by atoms with E-state index in [2.05, 4.69) is 10.4 Å². The molecule has 8 nitrogen and oxygen atoms in total. The van der Waals surface area contributed by atoms with Gasteiger partial charge >= 0.3 is 0 Å². The first-order valence-electron chi connectivity index (χ1n) is 8.40. The van der Waals surface area contributed by atoms with E-state index in [9.17, 15) is 9.59 Å². The van der Waals surface area contributed by atoms with Crippen LogP contribution in [0.1, 0.15) is 20.3 Å². The molecule has 2 amide bonds. The van der Waals surface area contributed by atoms with Crippen LogP contribution in [0.2, 0.25) is 0 Å². The molecule has 148 valence electrons. The minimum Gasteiger partial charge on any atom is -0.372 e. The van der Waals surface area contributed by atoms with E-state index in [1.54, 1.807) is 22.9 Å². The second-order valence-corrected chi connectivity index (χ2v) is 7.35. The van der Waals surface area contributed by atoms with Crippen molar-refractivity contribution in [3.05, 3.63) is 12.4 Å². The number of aromatic nitrogens is 2. The Labute approximate surface area is 164 Å².